The van der Waals surface area contributed by atoms with Crippen LogP contribution in [0.4, 0.5) is 5.95 Å². The summed E-state index contributed by atoms with van der Waals surface area (Å²) >= 11 is 1.49. The minimum Gasteiger partial charge on any atom is -0.394 e. The molecule has 3 aromatic heterocycles. The monoisotopic (exact) mass is 388 g/mol. The number of thioether (sulfide) groups is 1. The summed E-state index contributed by atoms with van der Waals surface area (Å²) in [5, 5.41) is 19.9. The predicted octanol–water partition coefficient (Wildman–Crippen LogP) is 1.04. The van der Waals surface area contributed by atoms with Crippen LogP contribution in [-0.2, 0) is 10.5 Å². The number of aryl methyl sites for hydroxylation is 1. The van der Waals surface area contributed by atoms with Gasteiger partial charge in [-0.1, -0.05) is 17.8 Å². The third-order valence-electron chi connectivity index (χ3n) is 4.40. The molecule has 27 heavy (non-hydrogen) atoms. The number of aliphatic hydroxyl groups excluding tert-OH is 2. The van der Waals surface area contributed by atoms with Crippen molar-refractivity contribution >= 4 is 28.9 Å². The molecule has 4 N–H and O–H groups in total. The van der Waals surface area contributed by atoms with Gasteiger partial charge in [-0.2, -0.15) is 4.98 Å². The summed E-state index contributed by atoms with van der Waals surface area (Å²) in [5.74, 6) is 0.770. The molecule has 9 nitrogen and oxygen atoms in total. The van der Waals surface area contributed by atoms with Crippen molar-refractivity contribution in [2.24, 2.45) is 0 Å². The van der Waals surface area contributed by atoms with Gasteiger partial charge >= 0.3 is 0 Å². The van der Waals surface area contributed by atoms with Crippen LogP contribution in [0, 0.1) is 6.92 Å². The maximum Gasteiger partial charge on any atom is 0.223 e. The molecule has 1 fully saturated rings. The summed E-state index contributed by atoms with van der Waals surface area (Å²) in [4.78, 5) is 17.5. The van der Waals surface area contributed by atoms with E-state index in [0.717, 1.165) is 11.4 Å². The normalized spacial score (nSPS) is 22.6. The van der Waals surface area contributed by atoms with E-state index in [0.29, 0.717) is 28.4 Å². The van der Waals surface area contributed by atoms with E-state index in [4.69, 9.17) is 10.5 Å². The summed E-state index contributed by atoms with van der Waals surface area (Å²) in [5.41, 5.74) is 8.96. The minimum absolute atomic E-state index is 0.140. The molecule has 0 aromatic carbocycles. The van der Waals surface area contributed by atoms with Crippen LogP contribution >= 0.6 is 11.8 Å². The third-order valence-corrected chi connectivity index (χ3v) is 5.40. The van der Waals surface area contributed by atoms with Gasteiger partial charge in [0, 0.05) is 17.9 Å². The number of anilines is 1. The van der Waals surface area contributed by atoms with Crippen LogP contribution < -0.4 is 5.73 Å². The second kappa shape index (κ2) is 7.39. The van der Waals surface area contributed by atoms with Crippen molar-refractivity contribution in [3.8, 4) is 0 Å². The molecule has 3 aromatic rings. The van der Waals surface area contributed by atoms with Crippen molar-refractivity contribution in [1.29, 1.82) is 0 Å². The molecule has 3 atom stereocenters. The number of pyridine rings is 1. The number of hydrogen-bond donors (Lipinski definition) is 3. The van der Waals surface area contributed by atoms with Crippen molar-refractivity contribution in [3.63, 3.8) is 0 Å². The van der Waals surface area contributed by atoms with Crippen LogP contribution in [0.3, 0.4) is 0 Å². The summed E-state index contributed by atoms with van der Waals surface area (Å²) in [7, 11) is 0. The van der Waals surface area contributed by atoms with E-state index in [1.807, 2.05) is 25.1 Å². The van der Waals surface area contributed by atoms with Gasteiger partial charge in [-0.15, -0.1) is 0 Å². The van der Waals surface area contributed by atoms with Gasteiger partial charge in [0.25, 0.3) is 0 Å². The topological polar surface area (TPSA) is 132 Å². The zero-order valence-electron chi connectivity index (χ0n) is 14.7. The Morgan fingerprint density at radius 3 is 2.93 bits per heavy atom. The Morgan fingerprint density at radius 2 is 2.19 bits per heavy atom. The molecule has 0 aliphatic carbocycles. The van der Waals surface area contributed by atoms with Crippen LogP contribution in [0.5, 0.6) is 0 Å². The number of nitrogens with two attached hydrogens (primary N) is 1. The zero-order valence-corrected chi connectivity index (χ0v) is 15.5. The van der Waals surface area contributed by atoms with Crippen molar-refractivity contribution in [3.05, 3.63) is 35.9 Å². The Balaban J connectivity index is 1.62. The lowest BCUT2D eigenvalue weighted by Crippen LogP contribution is -2.24. The molecule has 142 valence electrons. The summed E-state index contributed by atoms with van der Waals surface area (Å²) in [6.07, 6.45) is 0.125. The Bertz CT molecular complexity index is 965. The maximum absolute atomic E-state index is 9.98. The number of hydrogen-bond acceptors (Lipinski definition) is 9. The smallest absolute Gasteiger partial charge is 0.223 e. The van der Waals surface area contributed by atoms with Crippen molar-refractivity contribution in [2.45, 2.75) is 42.6 Å². The zero-order chi connectivity index (χ0) is 19.0. The van der Waals surface area contributed by atoms with Crippen LogP contribution in [0.15, 0.2) is 29.6 Å². The molecule has 0 bridgehead atoms. The van der Waals surface area contributed by atoms with E-state index in [-0.39, 0.29) is 12.6 Å². The predicted molar refractivity (Wildman–Crippen MR) is 99.9 cm³/mol. The van der Waals surface area contributed by atoms with Gasteiger partial charge < -0.3 is 20.7 Å². The SMILES string of the molecule is Cc1cccc(CSc2nc(N)nc3c2ncn3[C@@H]2C[C@H](O)[C@@H](CO)O2)n1. The molecule has 0 amide bonds. The number of aromatic nitrogens is 5. The molecule has 10 heteroatoms. The maximum atomic E-state index is 9.98. The summed E-state index contributed by atoms with van der Waals surface area (Å²) in [6.45, 7) is 1.71. The molecule has 1 aliphatic rings. The van der Waals surface area contributed by atoms with Gasteiger partial charge in [-0.05, 0) is 19.1 Å². The Morgan fingerprint density at radius 1 is 1.33 bits per heavy atom. The third kappa shape index (κ3) is 3.61. The Hall–Kier alpha value is -2.27. The highest BCUT2D eigenvalue weighted by Gasteiger charge is 2.35. The highest BCUT2D eigenvalue weighted by molar-refractivity contribution is 7.98. The summed E-state index contributed by atoms with van der Waals surface area (Å²) in [6, 6.07) is 5.88. The highest BCUT2D eigenvalue weighted by Crippen LogP contribution is 2.33. The van der Waals surface area contributed by atoms with Crippen LogP contribution in [-0.4, -0.2) is 53.5 Å². The van der Waals surface area contributed by atoms with Gasteiger partial charge in [0.05, 0.1) is 24.7 Å². The van der Waals surface area contributed by atoms with Gasteiger partial charge in [0.1, 0.15) is 22.9 Å². The van der Waals surface area contributed by atoms with E-state index in [2.05, 4.69) is 19.9 Å². The lowest BCUT2D eigenvalue weighted by molar-refractivity contribution is -0.0432. The van der Waals surface area contributed by atoms with Crippen LogP contribution in [0.25, 0.3) is 11.2 Å². The fraction of sp³-hybridized carbons (Fsp3) is 0.412. The fourth-order valence-electron chi connectivity index (χ4n) is 3.09. The largest absolute Gasteiger partial charge is 0.394 e. The standard InChI is InChI=1S/C17H20N6O3S/c1-9-3-2-4-10(20-9)7-27-16-14-15(21-17(18)22-16)23(8-19-14)13-5-11(25)12(6-24)26-13/h2-4,8,11-13,24-25H,5-7H2,1H3,(H2,18,21,22)/t11-,12+,13-/m0/s1. The average Bonchev–Trinajstić information content (AvgIpc) is 3.22. The first-order chi connectivity index (χ1) is 13.0. The number of nitrogens with zero attached hydrogens (tertiary/aromatic N) is 5. The van der Waals surface area contributed by atoms with Gasteiger partial charge in [0.2, 0.25) is 5.95 Å². The minimum atomic E-state index is -0.738. The molecular formula is C17H20N6O3S. The van der Waals surface area contributed by atoms with E-state index in [1.165, 1.54) is 11.8 Å². The molecule has 1 aliphatic heterocycles. The quantitative estimate of drug-likeness (QED) is 0.433. The molecule has 0 saturated carbocycles. The second-order valence-electron chi connectivity index (χ2n) is 6.38. The number of fused-ring (bicyclic) bond motifs is 1. The average molecular weight is 388 g/mol. The second-order valence-corrected chi connectivity index (χ2v) is 7.35. The summed E-state index contributed by atoms with van der Waals surface area (Å²) < 4.78 is 7.43. The molecule has 0 spiro atoms. The fourth-order valence-corrected chi connectivity index (χ4v) is 3.97. The number of aliphatic hydroxyl groups is 2. The number of ether oxygens (including phenoxy) is 1. The van der Waals surface area contributed by atoms with E-state index in [1.54, 1.807) is 10.9 Å². The Labute approximate surface area is 159 Å². The van der Waals surface area contributed by atoms with Crippen molar-refractivity contribution in [2.75, 3.05) is 12.3 Å². The number of nitrogen functional groups attached to an aromatic ring is 1. The van der Waals surface area contributed by atoms with Crippen LogP contribution in [0.1, 0.15) is 24.0 Å². The first-order valence-electron chi connectivity index (χ1n) is 8.55. The number of rotatable bonds is 5. The number of imidazole rings is 1. The lowest BCUT2D eigenvalue weighted by Gasteiger charge is -2.13. The molecule has 1 saturated heterocycles. The highest BCUT2D eigenvalue weighted by atomic mass is 32.2. The van der Waals surface area contributed by atoms with Crippen molar-refractivity contribution in [1.82, 2.24) is 24.5 Å². The molecule has 4 heterocycles. The van der Waals surface area contributed by atoms with E-state index >= 15 is 0 Å². The first kappa shape index (κ1) is 18.1. The van der Waals surface area contributed by atoms with Gasteiger partial charge in [-0.3, -0.25) is 9.55 Å². The van der Waals surface area contributed by atoms with Crippen molar-refractivity contribution < 1.29 is 14.9 Å². The molecular weight excluding hydrogens is 368 g/mol. The lowest BCUT2D eigenvalue weighted by atomic mass is 10.2. The Kier molecular flexibility index (Phi) is 4.96. The van der Waals surface area contributed by atoms with E-state index in [9.17, 15) is 10.2 Å². The van der Waals surface area contributed by atoms with Crippen LogP contribution in [0.2, 0.25) is 0 Å². The molecule has 0 unspecified atom stereocenters. The van der Waals surface area contributed by atoms with Gasteiger partial charge in [0.15, 0.2) is 5.65 Å². The first-order valence-corrected chi connectivity index (χ1v) is 9.53. The molecule has 4 rings (SSSR count). The van der Waals surface area contributed by atoms with E-state index < -0.39 is 18.4 Å². The molecule has 0 radical (unpaired) electrons. The van der Waals surface area contributed by atoms with Gasteiger partial charge in [-0.25, -0.2) is 9.97 Å².